The molecule has 0 saturated carbocycles. The summed E-state index contributed by atoms with van der Waals surface area (Å²) in [6, 6.07) is 12.5. The number of para-hydroxylation sites is 1. The topological polar surface area (TPSA) is 71.9 Å². The van der Waals surface area contributed by atoms with Crippen LogP contribution in [-0.4, -0.2) is 4.98 Å². The van der Waals surface area contributed by atoms with Gasteiger partial charge in [0.2, 0.25) is 5.88 Å². The van der Waals surface area contributed by atoms with Gasteiger partial charge in [0.15, 0.2) is 5.75 Å². The van der Waals surface area contributed by atoms with Crippen LogP contribution < -0.4 is 10.5 Å². The van der Waals surface area contributed by atoms with Gasteiger partial charge in [-0.2, -0.15) is 5.26 Å². The fraction of sp³-hybridized carbons (Fsp3) is 0.0769. The molecular weight excluding hydrogens is 214 g/mol. The highest BCUT2D eigenvalue weighted by Gasteiger charge is 2.06. The Morgan fingerprint density at radius 2 is 2.00 bits per heavy atom. The lowest BCUT2D eigenvalue weighted by molar-refractivity contribution is 0.461. The largest absolute Gasteiger partial charge is 0.437 e. The number of aromatic nitrogens is 1. The second-order valence-corrected chi connectivity index (χ2v) is 3.57. The molecule has 0 atom stereocenters. The average Bonchev–Trinajstić information content (AvgIpc) is 2.34. The lowest BCUT2D eigenvalue weighted by Crippen LogP contribution is -1.96. The van der Waals surface area contributed by atoms with E-state index in [1.54, 1.807) is 24.3 Å². The summed E-state index contributed by atoms with van der Waals surface area (Å²) in [5, 5.41) is 8.74. The quantitative estimate of drug-likeness (QED) is 0.797. The maximum absolute atomic E-state index is 8.74. The smallest absolute Gasteiger partial charge is 0.220 e. The van der Waals surface area contributed by atoms with Crippen LogP contribution in [0.5, 0.6) is 11.6 Å². The van der Waals surface area contributed by atoms with Crippen molar-refractivity contribution < 1.29 is 4.74 Å². The highest BCUT2D eigenvalue weighted by molar-refractivity contribution is 5.57. The minimum absolute atomic E-state index is 0.314. The first-order chi connectivity index (χ1) is 8.20. The van der Waals surface area contributed by atoms with Gasteiger partial charge >= 0.3 is 0 Å². The fourth-order valence-corrected chi connectivity index (χ4v) is 1.45. The number of hydrogen-bond acceptors (Lipinski definition) is 4. The predicted molar refractivity (Wildman–Crippen MR) is 64.6 cm³/mol. The molecule has 4 heteroatoms. The zero-order chi connectivity index (χ0) is 12.3. The first-order valence-corrected chi connectivity index (χ1v) is 5.11. The molecule has 4 nitrogen and oxygen atoms in total. The van der Waals surface area contributed by atoms with Crippen LogP contribution in [0.1, 0.15) is 11.3 Å². The van der Waals surface area contributed by atoms with Crippen molar-refractivity contribution >= 4 is 5.69 Å². The lowest BCUT2D eigenvalue weighted by atomic mass is 10.2. The van der Waals surface area contributed by atoms with Crippen LogP contribution in [0.2, 0.25) is 0 Å². The lowest BCUT2D eigenvalue weighted by Gasteiger charge is -2.10. The van der Waals surface area contributed by atoms with Crippen LogP contribution in [0.25, 0.3) is 0 Å². The zero-order valence-corrected chi connectivity index (χ0v) is 9.34. The summed E-state index contributed by atoms with van der Waals surface area (Å²) in [6.07, 6.45) is 0. The summed E-state index contributed by atoms with van der Waals surface area (Å²) >= 11 is 0. The molecule has 17 heavy (non-hydrogen) atoms. The molecule has 0 unspecified atom stereocenters. The monoisotopic (exact) mass is 225 g/mol. The standard InChI is InChI=1S/C13H11N3O/c1-9-4-2-6-11(15)13(9)17-12-7-3-5-10(8-14)16-12/h2-7H,15H2,1H3. The van der Waals surface area contributed by atoms with Gasteiger partial charge < -0.3 is 10.5 Å². The van der Waals surface area contributed by atoms with Crippen molar-refractivity contribution in [1.29, 1.82) is 5.26 Å². The number of aryl methyl sites for hydroxylation is 1. The van der Waals surface area contributed by atoms with Crippen LogP contribution in [0.3, 0.4) is 0 Å². The van der Waals surface area contributed by atoms with Crippen molar-refractivity contribution in [2.24, 2.45) is 0 Å². The number of nitrogen functional groups attached to an aromatic ring is 1. The van der Waals surface area contributed by atoms with Crippen molar-refractivity contribution in [3.05, 3.63) is 47.7 Å². The van der Waals surface area contributed by atoms with Gasteiger partial charge in [0.05, 0.1) is 5.69 Å². The Morgan fingerprint density at radius 1 is 1.24 bits per heavy atom. The molecule has 0 aliphatic carbocycles. The maximum atomic E-state index is 8.74. The normalized spacial score (nSPS) is 9.65. The summed E-state index contributed by atoms with van der Waals surface area (Å²) in [5.74, 6) is 0.945. The predicted octanol–water partition coefficient (Wildman–Crippen LogP) is 2.64. The Hall–Kier alpha value is -2.54. The van der Waals surface area contributed by atoms with Crippen molar-refractivity contribution in [2.45, 2.75) is 6.92 Å². The minimum Gasteiger partial charge on any atom is -0.437 e. The SMILES string of the molecule is Cc1cccc(N)c1Oc1cccc(C#N)n1. The second kappa shape index (κ2) is 4.54. The van der Waals surface area contributed by atoms with Gasteiger partial charge in [-0.05, 0) is 24.6 Å². The van der Waals surface area contributed by atoms with Crippen molar-refractivity contribution in [3.8, 4) is 17.7 Å². The molecule has 0 amide bonds. The van der Waals surface area contributed by atoms with E-state index < -0.39 is 0 Å². The van der Waals surface area contributed by atoms with Crippen molar-refractivity contribution in [3.63, 3.8) is 0 Å². The second-order valence-electron chi connectivity index (χ2n) is 3.57. The fourth-order valence-electron chi connectivity index (χ4n) is 1.45. The molecule has 2 rings (SSSR count). The molecule has 1 heterocycles. The van der Waals surface area contributed by atoms with E-state index in [1.165, 1.54) is 0 Å². The summed E-state index contributed by atoms with van der Waals surface area (Å²) in [7, 11) is 0. The molecule has 0 aliphatic rings. The van der Waals surface area contributed by atoms with E-state index >= 15 is 0 Å². The molecule has 2 N–H and O–H groups in total. The van der Waals surface area contributed by atoms with Gasteiger partial charge in [0, 0.05) is 6.07 Å². The average molecular weight is 225 g/mol. The maximum Gasteiger partial charge on any atom is 0.220 e. The molecule has 0 aliphatic heterocycles. The zero-order valence-electron chi connectivity index (χ0n) is 9.34. The number of rotatable bonds is 2. The molecule has 0 spiro atoms. The molecular formula is C13H11N3O. The molecule has 84 valence electrons. The summed E-state index contributed by atoms with van der Waals surface area (Å²) in [6.45, 7) is 1.90. The highest BCUT2D eigenvalue weighted by atomic mass is 16.5. The summed E-state index contributed by atoms with van der Waals surface area (Å²) in [5.41, 5.74) is 7.61. The number of nitriles is 1. The van der Waals surface area contributed by atoms with E-state index in [0.29, 0.717) is 23.0 Å². The third-order valence-electron chi connectivity index (χ3n) is 2.29. The van der Waals surface area contributed by atoms with E-state index in [9.17, 15) is 0 Å². The Morgan fingerprint density at radius 3 is 2.71 bits per heavy atom. The first-order valence-electron chi connectivity index (χ1n) is 5.11. The summed E-state index contributed by atoms with van der Waals surface area (Å²) < 4.78 is 5.60. The summed E-state index contributed by atoms with van der Waals surface area (Å²) in [4.78, 5) is 4.03. The molecule has 0 saturated heterocycles. The number of pyridine rings is 1. The Bertz CT molecular complexity index is 567. The van der Waals surface area contributed by atoms with Gasteiger partial charge in [0.25, 0.3) is 0 Å². The van der Waals surface area contributed by atoms with Crippen LogP contribution in [0.4, 0.5) is 5.69 Å². The molecule has 2 aromatic rings. The van der Waals surface area contributed by atoms with Gasteiger partial charge in [-0.25, -0.2) is 4.98 Å². The van der Waals surface area contributed by atoms with Gasteiger partial charge in [-0.3, -0.25) is 0 Å². The third-order valence-corrected chi connectivity index (χ3v) is 2.29. The first kappa shape index (κ1) is 11.0. The molecule has 0 fully saturated rings. The number of benzene rings is 1. The van der Waals surface area contributed by atoms with Crippen LogP contribution in [-0.2, 0) is 0 Å². The van der Waals surface area contributed by atoms with Gasteiger partial charge in [-0.15, -0.1) is 0 Å². The third kappa shape index (κ3) is 2.34. The van der Waals surface area contributed by atoms with Crippen LogP contribution >= 0.6 is 0 Å². The van der Waals surface area contributed by atoms with E-state index in [0.717, 1.165) is 5.56 Å². The van der Waals surface area contributed by atoms with Crippen LogP contribution in [0.15, 0.2) is 36.4 Å². The highest BCUT2D eigenvalue weighted by Crippen LogP contribution is 2.29. The van der Waals surface area contributed by atoms with Gasteiger partial charge in [0.1, 0.15) is 11.8 Å². The van der Waals surface area contributed by atoms with E-state index in [4.69, 9.17) is 15.7 Å². The van der Waals surface area contributed by atoms with Gasteiger partial charge in [-0.1, -0.05) is 18.2 Å². The molecule has 0 bridgehead atoms. The van der Waals surface area contributed by atoms with Crippen molar-refractivity contribution in [1.82, 2.24) is 4.98 Å². The number of nitrogens with zero attached hydrogens (tertiary/aromatic N) is 2. The van der Waals surface area contributed by atoms with E-state index in [2.05, 4.69) is 4.98 Å². The molecule has 0 radical (unpaired) electrons. The van der Waals surface area contributed by atoms with Crippen LogP contribution in [0, 0.1) is 18.3 Å². The number of hydrogen-bond donors (Lipinski definition) is 1. The molecule has 1 aromatic heterocycles. The Labute approximate surface area is 99.3 Å². The Kier molecular flexibility index (Phi) is 2.93. The number of anilines is 1. The Balaban J connectivity index is 2.35. The molecule has 1 aromatic carbocycles. The minimum atomic E-state index is 0.314. The number of ether oxygens (including phenoxy) is 1. The van der Waals surface area contributed by atoms with E-state index in [1.807, 2.05) is 25.1 Å². The number of nitrogens with two attached hydrogens (primary N) is 1. The van der Waals surface area contributed by atoms with Crippen molar-refractivity contribution in [2.75, 3.05) is 5.73 Å². The van der Waals surface area contributed by atoms with E-state index in [-0.39, 0.29) is 0 Å².